The second kappa shape index (κ2) is 5.14. The van der Waals surface area contributed by atoms with Gasteiger partial charge in [0.15, 0.2) is 5.65 Å². The third kappa shape index (κ3) is 2.76. The summed E-state index contributed by atoms with van der Waals surface area (Å²) in [4.78, 5) is 21.6. The largest absolute Gasteiger partial charge is 0.416 e. The summed E-state index contributed by atoms with van der Waals surface area (Å²) in [5.74, 6) is 0.238. The van der Waals surface area contributed by atoms with Gasteiger partial charge in [-0.15, -0.1) is 0 Å². The van der Waals surface area contributed by atoms with E-state index in [-0.39, 0.29) is 17.2 Å². The second-order valence-corrected chi connectivity index (χ2v) is 4.50. The first kappa shape index (κ1) is 14.1. The zero-order valence-corrected chi connectivity index (χ0v) is 11.0. The molecule has 0 spiro atoms. The molecule has 0 saturated carbocycles. The molecular weight excluding hydrogens is 297 g/mol. The van der Waals surface area contributed by atoms with Crippen LogP contribution in [0.1, 0.15) is 5.56 Å². The molecule has 112 valence electrons. The Labute approximate surface area is 121 Å². The molecule has 22 heavy (non-hydrogen) atoms. The lowest BCUT2D eigenvalue weighted by Crippen LogP contribution is -2.13. The third-order valence-electron chi connectivity index (χ3n) is 2.95. The van der Waals surface area contributed by atoms with E-state index in [1.54, 1.807) is 12.1 Å². The summed E-state index contributed by atoms with van der Waals surface area (Å²) in [6.07, 6.45) is -2.96. The van der Waals surface area contributed by atoms with Gasteiger partial charge in [0.05, 0.1) is 10.9 Å². The van der Waals surface area contributed by atoms with Crippen molar-refractivity contribution in [2.45, 2.75) is 6.18 Å². The fourth-order valence-electron chi connectivity index (χ4n) is 2.00. The number of fused-ring (bicyclic) bond motifs is 1. The number of anilines is 2. The first-order valence-electron chi connectivity index (χ1n) is 6.23. The molecule has 0 aliphatic rings. The van der Waals surface area contributed by atoms with Crippen LogP contribution in [-0.2, 0) is 6.18 Å². The maximum Gasteiger partial charge on any atom is 0.416 e. The lowest BCUT2D eigenvalue weighted by molar-refractivity contribution is -0.137. The molecule has 2 aromatic heterocycles. The van der Waals surface area contributed by atoms with Crippen LogP contribution < -0.4 is 11.0 Å². The summed E-state index contributed by atoms with van der Waals surface area (Å²) < 4.78 is 38.2. The van der Waals surface area contributed by atoms with Crippen molar-refractivity contribution in [1.82, 2.24) is 15.0 Å². The highest BCUT2D eigenvalue weighted by Crippen LogP contribution is 2.31. The van der Waals surface area contributed by atoms with E-state index in [1.165, 1.54) is 18.3 Å². The third-order valence-corrected chi connectivity index (χ3v) is 2.95. The minimum Gasteiger partial charge on any atom is -0.341 e. The Kier molecular flexibility index (Phi) is 3.28. The van der Waals surface area contributed by atoms with Crippen LogP contribution in [0, 0.1) is 0 Å². The first-order valence-corrected chi connectivity index (χ1v) is 6.23. The first-order chi connectivity index (χ1) is 10.4. The van der Waals surface area contributed by atoms with E-state index in [2.05, 4.69) is 20.3 Å². The normalized spacial score (nSPS) is 11.6. The van der Waals surface area contributed by atoms with E-state index in [4.69, 9.17) is 0 Å². The second-order valence-electron chi connectivity index (χ2n) is 4.50. The quantitative estimate of drug-likeness (QED) is 0.763. The lowest BCUT2D eigenvalue weighted by Gasteiger charge is -2.11. The lowest BCUT2D eigenvalue weighted by atomic mass is 10.2. The van der Waals surface area contributed by atoms with Crippen molar-refractivity contribution in [1.29, 1.82) is 0 Å². The molecule has 0 aliphatic heterocycles. The van der Waals surface area contributed by atoms with Crippen molar-refractivity contribution in [3.05, 3.63) is 58.6 Å². The van der Waals surface area contributed by atoms with Crippen LogP contribution in [0.3, 0.4) is 0 Å². The summed E-state index contributed by atoms with van der Waals surface area (Å²) in [6, 6.07) is 7.98. The minimum absolute atomic E-state index is 0.196. The highest BCUT2D eigenvalue weighted by atomic mass is 19.4. The van der Waals surface area contributed by atoms with Crippen LogP contribution >= 0.6 is 0 Å². The maximum absolute atomic E-state index is 12.7. The van der Waals surface area contributed by atoms with Crippen LogP contribution in [0.15, 0.2) is 47.4 Å². The van der Waals surface area contributed by atoms with Gasteiger partial charge in [-0.1, -0.05) is 6.07 Å². The predicted octanol–water partition coefficient (Wildman–Crippen LogP) is 3.08. The van der Waals surface area contributed by atoms with Crippen LogP contribution in [0.25, 0.3) is 11.0 Å². The van der Waals surface area contributed by atoms with E-state index in [0.717, 1.165) is 12.1 Å². The van der Waals surface area contributed by atoms with E-state index in [1.807, 2.05) is 0 Å². The molecule has 3 rings (SSSR count). The number of hydrogen-bond acceptors (Lipinski definition) is 4. The molecule has 0 amide bonds. The molecular formula is C14H9F3N4O. The van der Waals surface area contributed by atoms with E-state index in [9.17, 15) is 18.0 Å². The van der Waals surface area contributed by atoms with Crippen LogP contribution in [0.4, 0.5) is 24.7 Å². The van der Waals surface area contributed by atoms with Crippen molar-refractivity contribution in [2.24, 2.45) is 0 Å². The summed E-state index contributed by atoms with van der Waals surface area (Å²) in [6.45, 7) is 0. The number of H-pyrrole nitrogens is 1. The summed E-state index contributed by atoms with van der Waals surface area (Å²) in [7, 11) is 0. The van der Waals surface area contributed by atoms with Gasteiger partial charge in [-0.25, -0.2) is 9.78 Å². The Morgan fingerprint density at radius 3 is 2.73 bits per heavy atom. The molecule has 0 aliphatic carbocycles. The average molecular weight is 306 g/mol. The standard InChI is InChI=1S/C14H9F3N4O/c15-14(16,17)8-3-1-4-9(7-8)19-12-10-5-2-6-18-11(10)20-13(22)21-12/h1-7H,(H2,18,19,20,21,22). The number of nitrogens with zero attached hydrogens (tertiary/aromatic N) is 2. The number of nitrogens with one attached hydrogen (secondary N) is 2. The topological polar surface area (TPSA) is 70.7 Å². The Bertz CT molecular complexity index is 889. The summed E-state index contributed by atoms with van der Waals surface area (Å²) >= 11 is 0. The average Bonchev–Trinajstić information content (AvgIpc) is 2.46. The van der Waals surface area contributed by atoms with Crippen molar-refractivity contribution in [2.75, 3.05) is 5.32 Å². The molecule has 0 fully saturated rings. The number of halogens is 3. The van der Waals surface area contributed by atoms with Crippen molar-refractivity contribution >= 4 is 22.5 Å². The van der Waals surface area contributed by atoms with Gasteiger partial charge in [-0.05, 0) is 30.3 Å². The monoisotopic (exact) mass is 306 g/mol. The Balaban J connectivity index is 2.06. The number of rotatable bonds is 2. The summed E-state index contributed by atoms with van der Waals surface area (Å²) in [5, 5.41) is 3.26. The molecule has 0 unspecified atom stereocenters. The zero-order chi connectivity index (χ0) is 15.7. The molecule has 0 bridgehead atoms. The molecule has 0 radical (unpaired) electrons. The number of alkyl halides is 3. The molecule has 1 aromatic carbocycles. The highest BCUT2D eigenvalue weighted by Gasteiger charge is 2.30. The van der Waals surface area contributed by atoms with Crippen molar-refractivity contribution in [3.63, 3.8) is 0 Å². The van der Waals surface area contributed by atoms with Crippen molar-refractivity contribution in [3.8, 4) is 0 Å². The molecule has 8 heteroatoms. The van der Waals surface area contributed by atoms with E-state index >= 15 is 0 Å². The van der Waals surface area contributed by atoms with E-state index < -0.39 is 17.4 Å². The minimum atomic E-state index is -4.44. The number of pyridine rings is 1. The van der Waals surface area contributed by atoms with Crippen LogP contribution in [0.5, 0.6) is 0 Å². The number of aromatic nitrogens is 3. The Morgan fingerprint density at radius 1 is 1.14 bits per heavy atom. The summed E-state index contributed by atoms with van der Waals surface area (Å²) in [5.41, 5.74) is -1.01. The SMILES string of the molecule is O=c1nc2ncccc2c(Nc2cccc(C(F)(F)F)c2)[nH]1. The fourth-order valence-corrected chi connectivity index (χ4v) is 2.00. The predicted molar refractivity (Wildman–Crippen MR) is 74.9 cm³/mol. The van der Waals surface area contributed by atoms with Gasteiger partial charge in [-0.2, -0.15) is 18.2 Å². The Morgan fingerprint density at radius 2 is 1.95 bits per heavy atom. The van der Waals surface area contributed by atoms with Gasteiger partial charge in [0.25, 0.3) is 0 Å². The fraction of sp³-hybridized carbons (Fsp3) is 0.0714. The molecule has 2 heterocycles. The number of benzene rings is 1. The van der Waals surface area contributed by atoms with Crippen LogP contribution in [0.2, 0.25) is 0 Å². The van der Waals surface area contributed by atoms with Crippen LogP contribution in [-0.4, -0.2) is 15.0 Å². The highest BCUT2D eigenvalue weighted by molar-refractivity contribution is 5.87. The Hall–Kier alpha value is -2.90. The maximum atomic E-state index is 12.7. The number of aromatic amines is 1. The van der Waals surface area contributed by atoms with Gasteiger partial charge >= 0.3 is 11.9 Å². The van der Waals surface area contributed by atoms with E-state index in [0.29, 0.717) is 5.39 Å². The molecule has 3 aromatic rings. The molecule has 5 nitrogen and oxygen atoms in total. The molecule has 0 saturated heterocycles. The number of hydrogen-bond donors (Lipinski definition) is 2. The van der Waals surface area contributed by atoms with Gasteiger partial charge in [0.1, 0.15) is 5.82 Å². The zero-order valence-electron chi connectivity index (χ0n) is 11.0. The molecule has 2 N–H and O–H groups in total. The van der Waals surface area contributed by atoms with Gasteiger partial charge in [0.2, 0.25) is 0 Å². The smallest absolute Gasteiger partial charge is 0.341 e. The van der Waals surface area contributed by atoms with Gasteiger partial charge < -0.3 is 5.32 Å². The molecule has 0 atom stereocenters. The van der Waals surface area contributed by atoms with Crippen molar-refractivity contribution < 1.29 is 13.2 Å². The van der Waals surface area contributed by atoms with Gasteiger partial charge in [0, 0.05) is 11.9 Å². The van der Waals surface area contributed by atoms with Gasteiger partial charge in [-0.3, -0.25) is 4.98 Å².